The molecule has 5 N–H and O–H groups in total. The van der Waals surface area contributed by atoms with E-state index in [1.165, 1.54) is 16.8 Å². The predicted octanol–water partition coefficient (Wildman–Crippen LogP) is 2.05. The molecule has 12 nitrogen and oxygen atoms in total. The van der Waals surface area contributed by atoms with Crippen molar-refractivity contribution in [1.82, 2.24) is 14.9 Å². The summed E-state index contributed by atoms with van der Waals surface area (Å²) in [6, 6.07) is -1.71. The molecule has 1 fully saturated rings. The van der Waals surface area contributed by atoms with Gasteiger partial charge in [0.25, 0.3) is 5.56 Å². The molecule has 2 rings (SSSR count). The summed E-state index contributed by atoms with van der Waals surface area (Å²) in [5.74, 6) is -4.27. The lowest BCUT2D eigenvalue weighted by molar-refractivity contribution is -0.192. The van der Waals surface area contributed by atoms with E-state index in [1.54, 1.807) is 27.7 Å². The van der Waals surface area contributed by atoms with Crippen LogP contribution in [0, 0.1) is 11.8 Å². The van der Waals surface area contributed by atoms with E-state index in [9.17, 15) is 32.3 Å². The Morgan fingerprint density at radius 1 is 1.30 bits per heavy atom. The number of nitrogens with two attached hydrogens (primary N) is 1. The number of aromatic nitrogens is 2. The Balaban J connectivity index is 0.00000101. The summed E-state index contributed by atoms with van der Waals surface area (Å²) >= 11 is 9.41. The number of carboxylic acid groups (broad SMARTS) is 1. The van der Waals surface area contributed by atoms with Gasteiger partial charge in [0.05, 0.1) is 15.9 Å². The lowest BCUT2D eigenvalue weighted by atomic mass is 10.0. The Morgan fingerprint density at radius 3 is 2.30 bits per heavy atom. The molecule has 0 radical (unpaired) electrons. The zero-order valence-corrected chi connectivity index (χ0v) is 24.2. The molecule has 1 aromatic heterocycles. The second-order valence-corrected chi connectivity index (χ2v) is 10.8. The molecule has 17 heteroatoms. The van der Waals surface area contributed by atoms with Crippen LogP contribution in [0.3, 0.4) is 0 Å². The number of rotatable bonds is 9. The maximum Gasteiger partial charge on any atom is 0.490 e. The SMILES string of the molecule is C=CC(Cl)[C@H]1O[C@@H](n2cc(Br)c(=O)[nH]c2=O)C[C@@H]1OC(=O)[C@@H](NC(=O)[C@@H](N)C(C)C)C(C)C.O=C(O)C(F)(F)F. The van der Waals surface area contributed by atoms with Crippen molar-refractivity contribution < 1.29 is 42.1 Å². The molecule has 1 aliphatic heterocycles. The third-order valence-electron chi connectivity index (χ3n) is 5.64. The van der Waals surface area contributed by atoms with Crippen molar-refractivity contribution >= 4 is 45.4 Å². The number of carboxylic acids is 1. The fraction of sp³-hybridized carbons (Fsp3) is 0.609. The molecule has 0 aromatic carbocycles. The minimum atomic E-state index is -5.08. The van der Waals surface area contributed by atoms with Gasteiger partial charge >= 0.3 is 23.8 Å². The quantitative estimate of drug-likeness (QED) is 0.175. The second kappa shape index (κ2) is 14.8. The van der Waals surface area contributed by atoms with Gasteiger partial charge in [0.2, 0.25) is 5.91 Å². The van der Waals surface area contributed by atoms with Crippen LogP contribution in [0.5, 0.6) is 0 Å². The predicted molar refractivity (Wildman–Crippen MR) is 141 cm³/mol. The van der Waals surface area contributed by atoms with Crippen LogP contribution in [0.4, 0.5) is 13.2 Å². The van der Waals surface area contributed by atoms with Gasteiger partial charge in [-0.15, -0.1) is 18.2 Å². The molecule has 0 bridgehead atoms. The number of hydrogen-bond acceptors (Lipinski definition) is 8. The van der Waals surface area contributed by atoms with Gasteiger partial charge in [-0.2, -0.15) is 13.2 Å². The number of carbonyl (C=O) groups excluding carboxylic acids is 2. The van der Waals surface area contributed by atoms with Crippen LogP contribution in [-0.2, 0) is 23.9 Å². The van der Waals surface area contributed by atoms with Crippen molar-refractivity contribution in [2.75, 3.05) is 0 Å². The first kappa shape index (κ1) is 35.3. The fourth-order valence-corrected chi connectivity index (χ4v) is 3.85. The summed E-state index contributed by atoms with van der Waals surface area (Å²) in [6.07, 6.45) is -4.75. The topological polar surface area (TPSA) is 183 Å². The van der Waals surface area contributed by atoms with E-state index in [0.717, 1.165) is 0 Å². The van der Waals surface area contributed by atoms with E-state index in [4.69, 9.17) is 36.7 Å². The van der Waals surface area contributed by atoms with Crippen LogP contribution in [0.25, 0.3) is 0 Å². The van der Waals surface area contributed by atoms with Gasteiger partial charge in [0.1, 0.15) is 24.5 Å². The van der Waals surface area contributed by atoms with Crippen LogP contribution >= 0.6 is 27.5 Å². The molecular weight excluding hydrogens is 633 g/mol. The molecule has 0 aliphatic carbocycles. The van der Waals surface area contributed by atoms with Crippen molar-refractivity contribution in [2.24, 2.45) is 17.6 Å². The summed E-state index contributed by atoms with van der Waals surface area (Å²) in [6.45, 7) is 10.8. The lowest BCUT2D eigenvalue weighted by Crippen LogP contribution is -2.53. The van der Waals surface area contributed by atoms with E-state index in [1.807, 2.05) is 0 Å². The van der Waals surface area contributed by atoms with Crippen molar-refractivity contribution in [3.8, 4) is 0 Å². The number of carbonyl (C=O) groups is 3. The first-order valence-electron chi connectivity index (χ1n) is 11.8. The second-order valence-electron chi connectivity index (χ2n) is 9.39. The van der Waals surface area contributed by atoms with E-state index in [2.05, 4.69) is 32.8 Å². The largest absolute Gasteiger partial charge is 0.490 e. The smallest absolute Gasteiger partial charge is 0.475 e. The highest BCUT2D eigenvalue weighted by Crippen LogP contribution is 2.34. The Kier molecular flexibility index (Phi) is 13.1. The maximum atomic E-state index is 13.0. The van der Waals surface area contributed by atoms with Crippen molar-refractivity contribution in [2.45, 2.75) is 76.2 Å². The number of alkyl halides is 4. The van der Waals surface area contributed by atoms with Gasteiger partial charge in [-0.25, -0.2) is 14.4 Å². The Bertz CT molecular complexity index is 1190. The third-order valence-corrected chi connectivity index (χ3v) is 6.63. The Hall–Kier alpha value is -2.69. The molecule has 1 unspecified atom stereocenters. The molecule has 0 saturated carbocycles. The van der Waals surface area contributed by atoms with Crippen molar-refractivity contribution in [3.63, 3.8) is 0 Å². The molecule has 1 amide bonds. The van der Waals surface area contributed by atoms with Crippen LogP contribution in [0.1, 0.15) is 40.3 Å². The average Bonchev–Trinajstić information content (AvgIpc) is 3.26. The number of esters is 1. The molecular formula is C23H31BrClF3N4O8. The van der Waals surface area contributed by atoms with Gasteiger partial charge in [-0.05, 0) is 27.8 Å². The van der Waals surface area contributed by atoms with Crippen LogP contribution in [-0.4, -0.2) is 68.3 Å². The highest BCUT2D eigenvalue weighted by molar-refractivity contribution is 9.10. The Morgan fingerprint density at radius 2 is 1.85 bits per heavy atom. The molecule has 0 spiro atoms. The van der Waals surface area contributed by atoms with Crippen LogP contribution < -0.4 is 22.3 Å². The third kappa shape index (κ3) is 9.74. The van der Waals surface area contributed by atoms with E-state index >= 15 is 0 Å². The molecule has 1 aromatic rings. The van der Waals surface area contributed by atoms with E-state index in [-0.39, 0.29) is 22.7 Å². The maximum absolute atomic E-state index is 13.0. The van der Waals surface area contributed by atoms with Gasteiger partial charge in [0, 0.05) is 12.6 Å². The number of amides is 1. The number of aromatic amines is 1. The van der Waals surface area contributed by atoms with Crippen LogP contribution in [0.2, 0.25) is 0 Å². The van der Waals surface area contributed by atoms with Crippen LogP contribution in [0.15, 0.2) is 32.9 Å². The molecule has 2 heterocycles. The minimum absolute atomic E-state index is 0.0934. The standard InChI is InChI=1S/C21H30BrClN4O6.C2HF3O2/c1-6-12(23)17-13(7-14(33-17)27-8-11(22)18(28)26-21(27)31)32-20(30)16(10(4)5)25-19(29)15(24)9(2)3;3-2(4,5)1(6)7/h6,8-10,12-17H,1,7,24H2,2-5H3,(H,25,29)(H,26,28,31);(H,6,7)/t12?,13-,14+,15-,16-,17+;/m0./s1. The Labute approximate surface area is 240 Å². The number of aliphatic carboxylic acids is 1. The number of nitrogens with one attached hydrogen (secondary N) is 2. The first-order chi connectivity index (χ1) is 18.3. The average molecular weight is 664 g/mol. The van der Waals surface area contributed by atoms with Gasteiger partial charge in [-0.1, -0.05) is 33.8 Å². The van der Waals surface area contributed by atoms with E-state index < -0.39 is 71.2 Å². The monoisotopic (exact) mass is 662 g/mol. The van der Waals surface area contributed by atoms with Gasteiger partial charge in [0.15, 0.2) is 0 Å². The molecule has 40 heavy (non-hydrogen) atoms. The lowest BCUT2D eigenvalue weighted by Gasteiger charge is -2.27. The zero-order chi connectivity index (χ0) is 31.1. The fourth-order valence-electron chi connectivity index (χ4n) is 3.31. The summed E-state index contributed by atoms with van der Waals surface area (Å²) in [5.41, 5.74) is 4.64. The molecule has 1 aliphatic rings. The van der Waals surface area contributed by atoms with E-state index in [0.29, 0.717) is 0 Å². The zero-order valence-electron chi connectivity index (χ0n) is 21.9. The van der Waals surface area contributed by atoms with Gasteiger partial charge in [-0.3, -0.25) is 19.1 Å². The summed E-state index contributed by atoms with van der Waals surface area (Å²) in [7, 11) is 0. The normalized spacial score (nSPS) is 21.1. The summed E-state index contributed by atoms with van der Waals surface area (Å²) < 4.78 is 44.7. The molecule has 1 saturated heterocycles. The number of H-pyrrole nitrogens is 1. The van der Waals surface area contributed by atoms with Crippen molar-refractivity contribution in [1.29, 1.82) is 0 Å². The number of hydrogen-bond donors (Lipinski definition) is 4. The van der Waals surface area contributed by atoms with Gasteiger partial charge < -0.3 is 25.6 Å². The summed E-state index contributed by atoms with van der Waals surface area (Å²) in [5, 5.41) is 9.06. The van der Waals surface area contributed by atoms with Crippen molar-refractivity contribution in [3.05, 3.63) is 44.2 Å². The molecule has 226 valence electrons. The highest BCUT2D eigenvalue weighted by atomic mass is 79.9. The number of halogens is 5. The summed E-state index contributed by atoms with van der Waals surface area (Å²) in [4.78, 5) is 60.4. The minimum Gasteiger partial charge on any atom is -0.475 e. The number of ether oxygens (including phenoxy) is 2. The number of nitrogens with zero attached hydrogens (tertiary/aromatic N) is 1. The molecule has 6 atom stereocenters. The first-order valence-corrected chi connectivity index (χ1v) is 13.0. The highest BCUT2D eigenvalue weighted by Gasteiger charge is 2.44.